The molecule has 0 aromatic heterocycles. The molecule has 0 spiro atoms. The molecule has 0 heterocycles. The Balaban J connectivity index is 2.20. The van der Waals surface area contributed by atoms with Gasteiger partial charge in [-0.3, -0.25) is 0 Å². The number of anilines is 1. The number of benzene rings is 1. The van der Waals surface area contributed by atoms with E-state index in [0.29, 0.717) is 6.04 Å². The van der Waals surface area contributed by atoms with Gasteiger partial charge in [0.05, 0.1) is 0 Å². The fourth-order valence-corrected chi connectivity index (χ4v) is 3.02. The van der Waals surface area contributed by atoms with E-state index in [2.05, 4.69) is 65.1 Å². The zero-order valence-corrected chi connectivity index (χ0v) is 14.5. The van der Waals surface area contributed by atoms with Crippen LogP contribution in [-0.2, 0) is 0 Å². The quantitative estimate of drug-likeness (QED) is 0.735. The van der Waals surface area contributed by atoms with E-state index in [9.17, 15) is 0 Å². The maximum Gasteiger partial charge on any atom is 0.0415 e. The molecular weight excluding hydrogens is 312 g/mol. The van der Waals surface area contributed by atoms with Crippen molar-refractivity contribution in [1.82, 2.24) is 5.32 Å². The fraction of sp³-hybridized carbons (Fsp3) is 0.647. The Morgan fingerprint density at radius 1 is 1.35 bits per heavy atom. The van der Waals surface area contributed by atoms with Gasteiger partial charge in [-0.2, -0.15) is 0 Å². The second kappa shape index (κ2) is 7.46. The highest BCUT2D eigenvalue weighted by molar-refractivity contribution is 9.10. The van der Waals surface area contributed by atoms with Crippen LogP contribution in [0.3, 0.4) is 0 Å². The first-order valence-corrected chi connectivity index (χ1v) is 8.72. The molecule has 0 aliphatic heterocycles. The molecule has 1 fully saturated rings. The maximum absolute atomic E-state index is 3.62. The minimum absolute atomic E-state index is 0.399. The molecule has 1 atom stereocenters. The first kappa shape index (κ1) is 15.8. The van der Waals surface area contributed by atoms with E-state index in [4.69, 9.17) is 0 Å². The number of nitrogens with zero attached hydrogens (tertiary/aromatic N) is 1. The third-order valence-corrected chi connectivity index (χ3v) is 4.55. The zero-order valence-electron chi connectivity index (χ0n) is 13.0. The fourth-order valence-electron chi connectivity index (χ4n) is 2.64. The van der Waals surface area contributed by atoms with Crippen LogP contribution in [0.5, 0.6) is 0 Å². The van der Waals surface area contributed by atoms with Crippen molar-refractivity contribution in [3.05, 3.63) is 28.2 Å². The van der Waals surface area contributed by atoms with Crippen LogP contribution in [0.4, 0.5) is 5.69 Å². The Hall–Kier alpha value is -0.540. The van der Waals surface area contributed by atoms with Crippen LogP contribution < -0.4 is 10.2 Å². The van der Waals surface area contributed by atoms with E-state index < -0.39 is 0 Å². The molecule has 0 saturated heterocycles. The average molecular weight is 339 g/mol. The number of hydrogen-bond donors (Lipinski definition) is 1. The second-order valence-electron chi connectivity index (χ2n) is 5.86. The second-order valence-corrected chi connectivity index (χ2v) is 6.78. The van der Waals surface area contributed by atoms with Gasteiger partial charge in [0.15, 0.2) is 0 Å². The van der Waals surface area contributed by atoms with Gasteiger partial charge < -0.3 is 10.2 Å². The first-order valence-electron chi connectivity index (χ1n) is 7.93. The number of halogens is 1. The van der Waals surface area contributed by atoms with Crippen LogP contribution in [0.2, 0.25) is 0 Å². The lowest BCUT2D eigenvalue weighted by Gasteiger charge is -2.28. The summed E-state index contributed by atoms with van der Waals surface area (Å²) in [6.07, 6.45) is 3.99. The third-order valence-electron chi connectivity index (χ3n) is 4.05. The molecule has 1 aliphatic carbocycles. The van der Waals surface area contributed by atoms with Crippen LogP contribution in [0.1, 0.15) is 51.6 Å². The predicted molar refractivity (Wildman–Crippen MR) is 91.5 cm³/mol. The Bertz CT molecular complexity index is 429. The molecule has 0 bridgehead atoms. The summed E-state index contributed by atoms with van der Waals surface area (Å²) < 4.78 is 1.17. The predicted octanol–water partition coefficient (Wildman–Crippen LogP) is 4.75. The first-order chi connectivity index (χ1) is 9.65. The molecule has 1 unspecified atom stereocenters. The van der Waals surface area contributed by atoms with Crippen molar-refractivity contribution < 1.29 is 0 Å². The van der Waals surface area contributed by atoms with Gasteiger partial charge in [-0.15, -0.1) is 0 Å². The molecule has 112 valence electrons. The summed E-state index contributed by atoms with van der Waals surface area (Å²) in [7, 11) is 0. The number of nitrogens with one attached hydrogen (secondary N) is 1. The molecule has 2 rings (SSSR count). The summed E-state index contributed by atoms with van der Waals surface area (Å²) in [5.74, 6) is 0.922. The van der Waals surface area contributed by atoms with E-state index >= 15 is 0 Å². The summed E-state index contributed by atoms with van der Waals surface area (Å²) in [6, 6.07) is 7.12. The summed E-state index contributed by atoms with van der Waals surface area (Å²) in [6.45, 7) is 10.1. The molecule has 1 saturated carbocycles. The number of rotatable bonds is 8. The minimum atomic E-state index is 0.399. The molecule has 1 aromatic carbocycles. The topological polar surface area (TPSA) is 15.3 Å². The lowest BCUT2D eigenvalue weighted by Crippen LogP contribution is -2.28. The van der Waals surface area contributed by atoms with Crippen molar-refractivity contribution in [2.45, 2.75) is 46.1 Å². The Morgan fingerprint density at radius 3 is 2.70 bits per heavy atom. The highest BCUT2D eigenvalue weighted by atomic mass is 79.9. The molecule has 20 heavy (non-hydrogen) atoms. The van der Waals surface area contributed by atoms with Gasteiger partial charge in [-0.1, -0.05) is 22.9 Å². The third kappa shape index (κ3) is 4.23. The Morgan fingerprint density at radius 2 is 2.10 bits per heavy atom. The van der Waals surface area contributed by atoms with Crippen LogP contribution >= 0.6 is 15.9 Å². The van der Waals surface area contributed by atoms with Crippen molar-refractivity contribution in [3.8, 4) is 0 Å². The molecule has 3 heteroatoms. The van der Waals surface area contributed by atoms with Crippen molar-refractivity contribution in [3.63, 3.8) is 0 Å². The average Bonchev–Trinajstić information content (AvgIpc) is 3.26. The van der Waals surface area contributed by atoms with E-state index in [1.54, 1.807) is 0 Å². The van der Waals surface area contributed by atoms with Crippen molar-refractivity contribution in [2.75, 3.05) is 24.5 Å². The van der Waals surface area contributed by atoms with Crippen LogP contribution in [0.15, 0.2) is 22.7 Å². The van der Waals surface area contributed by atoms with Crippen LogP contribution in [-0.4, -0.2) is 19.6 Å². The molecule has 2 nitrogen and oxygen atoms in total. The van der Waals surface area contributed by atoms with Crippen molar-refractivity contribution in [1.29, 1.82) is 0 Å². The minimum Gasteiger partial charge on any atom is -0.371 e. The highest BCUT2D eigenvalue weighted by Crippen LogP contribution is 2.34. The normalized spacial score (nSPS) is 16.2. The lowest BCUT2D eigenvalue weighted by molar-refractivity contribution is 0.568. The largest absolute Gasteiger partial charge is 0.371 e. The smallest absolute Gasteiger partial charge is 0.0415 e. The van der Waals surface area contributed by atoms with Gasteiger partial charge in [-0.25, -0.2) is 0 Å². The van der Waals surface area contributed by atoms with Crippen molar-refractivity contribution >= 4 is 21.6 Å². The van der Waals surface area contributed by atoms with Crippen LogP contribution in [0.25, 0.3) is 0 Å². The molecule has 1 aromatic rings. The molecule has 0 radical (unpaired) electrons. The number of hydrogen-bond acceptors (Lipinski definition) is 2. The zero-order chi connectivity index (χ0) is 14.5. The van der Waals surface area contributed by atoms with Gasteiger partial charge >= 0.3 is 0 Å². The standard InChI is InChI=1S/C17H27BrN2/c1-4-10-19-13(3)16-11-15(18)8-9-17(16)20(5-2)12-14-6-7-14/h8-9,11,13-14,19H,4-7,10,12H2,1-3H3. The molecular formula is C17H27BrN2. The highest BCUT2D eigenvalue weighted by Gasteiger charge is 2.25. The SMILES string of the molecule is CCCNC(C)c1cc(Br)ccc1N(CC)CC1CC1. The monoisotopic (exact) mass is 338 g/mol. The summed E-state index contributed by atoms with van der Waals surface area (Å²) in [5.41, 5.74) is 2.81. The van der Waals surface area contributed by atoms with Gasteiger partial charge in [0.25, 0.3) is 0 Å². The Labute approximate surface area is 132 Å². The summed E-state index contributed by atoms with van der Waals surface area (Å²) >= 11 is 3.62. The summed E-state index contributed by atoms with van der Waals surface area (Å²) in [5, 5.41) is 3.62. The van der Waals surface area contributed by atoms with E-state index in [1.165, 1.54) is 41.5 Å². The van der Waals surface area contributed by atoms with E-state index in [-0.39, 0.29) is 0 Å². The van der Waals surface area contributed by atoms with Gasteiger partial charge in [0.2, 0.25) is 0 Å². The maximum atomic E-state index is 3.62. The molecule has 1 N–H and O–H groups in total. The summed E-state index contributed by atoms with van der Waals surface area (Å²) in [4.78, 5) is 2.55. The van der Waals surface area contributed by atoms with E-state index in [0.717, 1.165) is 19.0 Å². The van der Waals surface area contributed by atoms with Gasteiger partial charge in [0.1, 0.15) is 0 Å². The van der Waals surface area contributed by atoms with Crippen LogP contribution in [0, 0.1) is 5.92 Å². The van der Waals surface area contributed by atoms with Crippen molar-refractivity contribution in [2.24, 2.45) is 5.92 Å². The van der Waals surface area contributed by atoms with Gasteiger partial charge in [0, 0.05) is 29.3 Å². The van der Waals surface area contributed by atoms with Gasteiger partial charge in [-0.05, 0) is 69.3 Å². The lowest BCUT2D eigenvalue weighted by atomic mass is 10.0. The Kier molecular flexibility index (Phi) is 5.91. The molecule has 0 amide bonds. The van der Waals surface area contributed by atoms with E-state index in [1.807, 2.05) is 0 Å². The molecule has 1 aliphatic rings.